The minimum atomic E-state index is -4.60. The fourth-order valence-electron chi connectivity index (χ4n) is 3.12. The first-order valence-electron chi connectivity index (χ1n) is 10.8. The second-order valence-electron chi connectivity index (χ2n) is 8.17. The lowest BCUT2D eigenvalue weighted by Crippen LogP contribution is -2.44. The number of benzene rings is 2. The number of rotatable bonds is 7. The second-order valence-corrected chi connectivity index (χ2v) is 8.17. The number of nitrogens with one attached hydrogen (secondary N) is 3. The third kappa shape index (κ3) is 6.93. The predicted octanol–water partition coefficient (Wildman–Crippen LogP) is 3.78. The van der Waals surface area contributed by atoms with E-state index in [1.165, 1.54) is 36.4 Å². The Bertz CT molecular complexity index is 1320. The molecule has 0 saturated heterocycles. The number of carboxylic acids is 1. The van der Waals surface area contributed by atoms with E-state index in [0.717, 1.165) is 12.1 Å². The first kappa shape index (κ1) is 26.9. The van der Waals surface area contributed by atoms with Gasteiger partial charge in [0.1, 0.15) is 11.7 Å². The van der Waals surface area contributed by atoms with Gasteiger partial charge >= 0.3 is 24.0 Å². The average Bonchev–Trinajstić information content (AvgIpc) is 3.32. The number of anilines is 2. The number of aliphatic carboxylic acids is 1. The number of hydrogen-bond acceptors (Lipinski definition) is 6. The summed E-state index contributed by atoms with van der Waals surface area (Å²) in [7, 11) is 0. The number of amides is 3. The number of aromatic nitrogens is 1. The van der Waals surface area contributed by atoms with Gasteiger partial charge < -0.3 is 25.6 Å². The number of hydrogen-bond donors (Lipinski definition) is 4. The van der Waals surface area contributed by atoms with Gasteiger partial charge in [0.05, 0.1) is 5.56 Å². The highest BCUT2D eigenvalue weighted by Gasteiger charge is 2.30. The standard InChI is InChI=1S/C24H21F3N4O6/c1-12(2)19(23(35)36)30-20(32)18-11-17(31-37-18)13-6-8-15(9-7-13)28-21(33)22(34)29-16-5-3-4-14(10-16)24(25,26)27/h3-12,19H,1-2H3,(H,28,33)(H,29,34)(H,30,32)(H,35,36). The lowest BCUT2D eigenvalue weighted by Gasteiger charge is -2.16. The van der Waals surface area contributed by atoms with Gasteiger partial charge in [0, 0.05) is 23.0 Å². The van der Waals surface area contributed by atoms with Crippen LogP contribution in [0.4, 0.5) is 24.5 Å². The molecule has 3 amide bonds. The fraction of sp³-hybridized carbons (Fsp3) is 0.208. The van der Waals surface area contributed by atoms with Crippen molar-refractivity contribution < 1.29 is 42.0 Å². The maximum atomic E-state index is 12.8. The Kier molecular flexibility index (Phi) is 7.95. The van der Waals surface area contributed by atoms with Gasteiger partial charge in [0.15, 0.2) is 0 Å². The molecule has 3 rings (SSSR count). The molecule has 3 aromatic rings. The Morgan fingerprint density at radius 2 is 1.54 bits per heavy atom. The van der Waals surface area contributed by atoms with Crippen LogP contribution in [0.3, 0.4) is 0 Å². The second kappa shape index (κ2) is 10.9. The van der Waals surface area contributed by atoms with Crippen molar-refractivity contribution in [3.63, 3.8) is 0 Å². The maximum Gasteiger partial charge on any atom is 0.416 e. The van der Waals surface area contributed by atoms with Crippen LogP contribution in [0, 0.1) is 5.92 Å². The largest absolute Gasteiger partial charge is 0.480 e. The van der Waals surface area contributed by atoms with E-state index in [1.807, 2.05) is 0 Å². The first-order valence-corrected chi connectivity index (χ1v) is 10.8. The van der Waals surface area contributed by atoms with Crippen LogP contribution < -0.4 is 16.0 Å². The van der Waals surface area contributed by atoms with E-state index in [9.17, 15) is 37.5 Å². The molecule has 2 aromatic carbocycles. The van der Waals surface area contributed by atoms with Gasteiger partial charge in [-0.3, -0.25) is 14.4 Å². The molecule has 1 unspecified atom stereocenters. The fourth-order valence-corrected chi connectivity index (χ4v) is 3.12. The van der Waals surface area contributed by atoms with Crippen LogP contribution in [-0.2, 0) is 20.6 Å². The summed E-state index contributed by atoms with van der Waals surface area (Å²) in [6, 6.07) is 9.92. The van der Waals surface area contributed by atoms with E-state index in [1.54, 1.807) is 13.8 Å². The molecule has 0 saturated carbocycles. The van der Waals surface area contributed by atoms with Crippen molar-refractivity contribution in [2.75, 3.05) is 10.6 Å². The summed E-state index contributed by atoms with van der Waals surface area (Å²) in [5.41, 5.74) is -0.235. The van der Waals surface area contributed by atoms with Crippen LogP contribution in [0.5, 0.6) is 0 Å². The van der Waals surface area contributed by atoms with Crippen molar-refractivity contribution in [2.45, 2.75) is 26.1 Å². The predicted molar refractivity (Wildman–Crippen MR) is 124 cm³/mol. The minimum absolute atomic E-state index is 0.195. The van der Waals surface area contributed by atoms with E-state index in [2.05, 4.69) is 21.1 Å². The third-order valence-electron chi connectivity index (χ3n) is 5.05. The van der Waals surface area contributed by atoms with Crippen molar-refractivity contribution in [3.8, 4) is 11.3 Å². The van der Waals surface area contributed by atoms with Crippen LogP contribution in [-0.4, -0.2) is 40.0 Å². The van der Waals surface area contributed by atoms with Crippen molar-refractivity contribution in [3.05, 3.63) is 65.9 Å². The molecule has 0 bridgehead atoms. The molecule has 37 heavy (non-hydrogen) atoms. The summed E-state index contributed by atoms with van der Waals surface area (Å²) < 4.78 is 43.4. The van der Waals surface area contributed by atoms with Gasteiger partial charge in [0.2, 0.25) is 5.76 Å². The van der Waals surface area contributed by atoms with Gasteiger partial charge in [-0.05, 0) is 36.2 Å². The maximum absolute atomic E-state index is 12.8. The van der Waals surface area contributed by atoms with Crippen LogP contribution in [0.15, 0.2) is 59.1 Å². The SMILES string of the molecule is CC(C)C(NC(=O)c1cc(-c2ccc(NC(=O)C(=O)Nc3cccc(C(F)(F)F)c3)cc2)no1)C(=O)O. The number of carboxylic acid groups (broad SMARTS) is 1. The van der Waals surface area contributed by atoms with Crippen LogP contribution in [0.25, 0.3) is 11.3 Å². The first-order chi connectivity index (χ1) is 17.3. The number of carbonyl (C=O) groups is 4. The van der Waals surface area contributed by atoms with Gasteiger partial charge in [-0.25, -0.2) is 4.79 Å². The van der Waals surface area contributed by atoms with E-state index in [4.69, 9.17) is 4.52 Å². The molecule has 1 heterocycles. The number of carbonyl (C=O) groups excluding carboxylic acids is 3. The minimum Gasteiger partial charge on any atom is -0.480 e. The molecule has 0 spiro atoms. The Balaban J connectivity index is 1.62. The zero-order chi connectivity index (χ0) is 27.3. The number of halogens is 3. The summed E-state index contributed by atoms with van der Waals surface area (Å²) in [5.74, 6) is -4.79. The van der Waals surface area contributed by atoms with E-state index >= 15 is 0 Å². The third-order valence-corrected chi connectivity index (χ3v) is 5.05. The molecular formula is C24H21F3N4O6. The topological polar surface area (TPSA) is 151 Å². The summed E-state index contributed by atoms with van der Waals surface area (Å²) in [6.07, 6.45) is -4.60. The quantitative estimate of drug-likeness (QED) is 0.348. The molecule has 4 N–H and O–H groups in total. The average molecular weight is 518 g/mol. The van der Waals surface area contributed by atoms with Gasteiger partial charge in [-0.2, -0.15) is 13.2 Å². The molecule has 1 atom stereocenters. The normalized spacial score (nSPS) is 12.1. The molecule has 0 radical (unpaired) electrons. The van der Waals surface area contributed by atoms with E-state index < -0.39 is 41.5 Å². The molecule has 0 fully saturated rings. The molecule has 194 valence electrons. The van der Waals surface area contributed by atoms with Gasteiger partial charge in [0.25, 0.3) is 5.91 Å². The van der Waals surface area contributed by atoms with Crippen molar-refractivity contribution in [1.82, 2.24) is 10.5 Å². The molecule has 0 aliphatic carbocycles. The summed E-state index contributed by atoms with van der Waals surface area (Å²) in [6.45, 7) is 3.28. The van der Waals surface area contributed by atoms with Crippen LogP contribution in [0.2, 0.25) is 0 Å². The van der Waals surface area contributed by atoms with Crippen molar-refractivity contribution in [1.29, 1.82) is 0 Å². The molecule has 0 aliphatic rings. The highest BCUT2D eigenvalue weighted by Crippen LogP contribution is 2.30. The highest BCUT2D eigenvalue weighted by atomic mass is 19.4. The summed E-state index contributed by atoms with van der Waals surface area (Å²) in [5, 5.41) is 19.8. The monoisotopic (exact) mass is 518 g/mol. The van der Waals surface area contributed by atoms with E-state index in [0.29, 0.717) is 11.6 Å². The molecule has 0 aliphatic heterocycles. The molecule has 1 aromatic heterocycles. The highest BCUT2D eigenvalue weighted by molar-refractivity contribution is 6.43. The summed E-state index contributed by atoms with van der Waals surface area (Å²) in [4.78, 5) is 47.8. The van der Waals surface area contributed by atoms with Crippen LogP contribution in [0.1, 0.15) is 30.0 Å². The lowest BCUT2D eigenvalue weighted by atomic mass is 10.0. The zero-order valence-corrected chi connectivity index (χ0v) is 19.4. The Labute approximate surface area is 207 Å². The molecule has 10 nitrogen and oxygen atoms in total. The Hall–Kier alpha value is -4.68. The van der Waals surface area contributed by atoms with Crippen molar-refractivity contribution >= 4 is 35.1 Å². The number of alkyl halides is 3. The molecular weight excluding hydrogens is 497 g/mol. The van der Waals surface area contributed by atoms with Crippen molar-refractivity contribution in [2.24, 2.45) is 5.92 Å². The zero-order valence-electron chi connectivity index (χ0n) is 19.4. The van der Waals surface area contributed by atoms with E-state index in [-0.39, 0.29) is 28.7 Å². The molecule has 13 heteroatoms. The summed E-state index contributed by atoms with van der Waals surface area (Å²) >= 11 is 0. The Morgan fingerprint density at radius 1 is 0.919 bits per heavy atom. The number of nitrogens with zero attached hydrogens (tertiary/aromatic N) is 1. The lowest BCUT2D eigenvalue weighted by molar-refractivity contribution is -0.140. The van der Waals surface area contributed by atoms with Gasteiger partial charge in [-0.15, -0.1) is 0 Å². The van der Waals surface area contributed by atoms with Gasteiger partial charge in [-0.1, -0.05) is 37.2 Å². The smallest absolute Gasteiger partial charge is 0.416 e. The van der Waals surface area contributed by atoms with Crippen LogP contribution >= 0.6 is 0 Å². The Morgan fingerprint density at radius 3 is 2.11 bits per heavy atom.